The number of likely N-dealkylation sites (N-methyl/N-ethyl adjacent to an activating group) is 1. The zero-order valence-electron chi connectivity index (χ0n) is 7.65. The molecule has 0 radical (unpaired) electrons. The van der Waals surface area contributed by atoms with Crippen molar-refractivity contribution in [3.63, 3.8) is 0 Å². The quantitative estimate of drug-likeness (QED) is 0.574. The van der Waals surface area contributed by atoms with E-state index < -0.39 is 0 Å². The lowest BCUT2D eigenvalue weighted by molar-refractivity contribution is 0.150. The summed E-state index contributed by atoms with van der Waals surface area (Å²) < 4.78 is 0. The molecule has 10 heavy (non-hydrogen) atoms. The summed E-state index contributed by atoms with van der Waals surface area (Å²) in [7, 11) is 4.26. The van der Waals surface area contributed by atoms with Crippen LogP contribution in [0.3, 0.4) is 0 Å². The zero-order valence-corrected chi connectivity index (χ0v) is 7.65. The molecule has 0 aromatic rings. The summed E-state index contributed by atoms with van der Waals surface area (Å²) in [5.41, 5.74) is 0.615. The first-order valence-electron chi connectivity index (χ1n) is 3.83. The van der Waals surface area contributed by atoms with Gasteiger partial charge in [-0.2, -0.15) is 0 Å². The number of hydrogen-bond donors (Lipinski definition) is 1. The minimum Gasteiger partial charge on any atom is -0.307 e. The second kappa shape index (κ2) is 1.95. The van der Waals surface area contributed by atoms with Crippen LogP contribution in [0.25, 0.3) is 0 Å². The van der Waals surface area contributed by atoms with Crippen LogP contribution in [0, 0.1) is 0 Å². The molecule has 0 aliphatic carbocycles. The summed E-state index contributed by atoms with van der Waals surface area (Å²) in [4.78, 5) is 2.27. The molecule has 0 bridgehead atoms. The van der Waals surface area contributed by atoms with E-state index in [-0.39, 0.29) is 5.54 Å². The lowest BCUT2D eigenvalue weighted by Gasteiger charge is -2.37. The Morgan fingerprint density at radius 1 is 1.40 bits per heavy atom. The minimum atomic E-state index is 0.271. The van der Waals surface area contributed by atoms with Crippen molar-refractivity contribution < 1.29 is 0 Å². The fraction of sp³-hybridized carbons (Fsp3) is 1.00. The highest BCUT2D eigenvalue weighted by Gasteiger charge is 2.51. The third-order valence-corrected chi connectivity index (χ3v) is 3.18. The Morgan fingerprint density at radius 2 is 1.80 bits per heavy atom. The van der Waals surface area contributed by atoms with Crippen LogP contribution in [0.2, 0.25) is 0 Å². The molecule has 0 spiro atoms. The van der Waals surface area contributed by atoms with Crippen LogP contribution in [-0.2, 0) is 0 Å². The van der Waals surface area contributed by atoms with Gasteiger partial charge in [0.25, 0.3) is 0 Å². The van der Waals surface area contributed by atoms with Crippen LogP contribution in [0.4, 0.5) is 0 Å². The molecule has 1 aliphatic heterocycles. The summed E-state index contributed by atoms with van der Waals surface area (Å²) in [5.74, 6) is 0. The fourth-order valence-corrected chi connectivity index (χ4v) is 1.06. The van der Waals surface area contributed by atoms with Gasteiger partial charge in [-0.05, 0) is 34.9 Å². The molecule has 1 aliphatic rings. The monoisotopic (exact) mass is 142 g/mol. The minimum absolute atomic E-state index is 0.271. The number of nitrogens with zero attached hydrogens (tertiary/aromatic N) is 1. The van der Waals surface area contributed by atoms with Crippen molar-refractivity contribution in [2.24, 2.45) is 0 Å². The molecule has 2 nitrogen and oxygen atoms in total. The molecular formula is C8H18N2. The van der Waals surface area contributed by atoms with E-state index >= 15 is 0 Å². The van der Waals surface area contributed by atoms with Crippen LogP contribution in [0.1, 0.15) is 20.8 Å². The zero-order chi connectivity index (χ0) is 7.99. The third kappa shape index (κ3) is 0.956. The van der Waals surface area contributed by atoms with E-state index in [0.717, 1.165) is 6.54 Å². The number of hydrogen-bond acceptors (Lipinski definition) is 2. The second-order valence-electron chi connectivity index (χ2n) is 4.14. The average Bonchev–Trinajstić information content (AvgIpc) is 2.48. The first-order valence-corrected chi connectivity index (χ1v) is 3.83. The standard InChI is InChI=1S/C8H18N2/c1-7(2,10(4)5)8(3)6-9-8/h9H,6H2,1-5H3. The summed E-state index contributed by atoms with van der Waals surface area (Å²) >= 11 is 0. The summed E-state index contributed by atoms with van der Waals surface area (Å²) in [6.07, 6.45) is 0. The molecule has 60 valence electrons. The smallest absolute Gasteiger partial charge is 0.0459 e. The van der Waals surface area contributed by atoms with Crippen LogP contribution in [0.5, 0.6) is 0 Å². The largest absolute Gasteiger partial charge is 0.307 e. The third-order valence-electron chi connectivity index (χ3n) is 3.18. The lowest BCUT2D eigenvalue weighted by atomic mass is 9.87. The molecule has 0 saturated carbocycles. The molecule has 1 unspecified atom stereocenters. The van der Waals surface area contributed by atoms with Gasteiger partial charge in [-0.15, -0.1) is 0 Å². The molecule has 0 aromatic carbocycles. The van der Waals surface area contributed by atoms with E-state index in [9.17, 15) is 0 Å². The Balaban J connectivity index is 2.67. The molecule has 0 amide bonds. The van der Waals surface area contributed by atoms with Crippen molar-refractivity contribution in [2.45, 2.75) is 31.8 Å². The Hall–Kier alpha value is -0.0800. The lowest BCUT2D eigenvalue weighted by Crippen LogP contribution is -2.51. The van der Waals surface area contributed by atoms with E-state index in [1.807, 2.05) is 0 Å². The Bertz CT molecular complexity index is 134. The highest BCUT2D eigenvalue weighted by molar-refractivity contribution is 5.14. The van der Waals surface area contributed by atoms with Gasteiger partial charge >= 0.3 is 0 Å². The summed E-state index contributed by atoms with van der Waals surface area (Å²) in [6, 6.07) is 0. The van der Waals surface area contributed by atoms with E-state index in [4.69, 9.17) is 0 Å². The van der Waals surface area contributed by atoms with Gasteiger partial charge in [0.1, 0.15) is 0 Å². The van der Waals surface area contributed by atoms with Gasteiger partial charge < -0.3 is 10.2 Å². The first-order chi connectivity index (χ1) is 4.40. The van der Waals surface area contributed by atoms with Crippen molar-refractivity contribution >= 4 is 0 Å². The molecule has 2 heteroatoms. The van der Waals surface area contributed by atoms with E-state index in [1.165, 1.54) is 0 Å². The highest BCUT2D eigenvalue weighted by atomic mass is 15.3. The Kier molecular flexibility index (Phi) is 1.57. The second-order valence-corrected chi connectivity index (χ2v) is 4.14. The number of rotatable bonds is 2. The molecule has 1 N–H and O–H groups in total. The van der Waals surface area contributed by atoms with Crippen molar-refractivity contribution in [3.8, 4) is 0 Å². The van der Waals surface area contributed by atoms with Gasteiger partial charge in [-0.1, -0.05) is 0 Å². The molecule has 1 atom stereocenters. The van der Waals surface area contributed by atoms with Crippen LogP contribution >= 0.6 is 0 Å². The maximum absolute atomic E-state index is 3.39. The average molecular weight is 142 g/mol. The van der Waals surface area contributed by atoms with Gasteiger partial charge in [-0.3, -0.25) is 0 Å². The Labute approximate surface area is 63.6 Å². The van der Waals surface area contributed by atoms with Gasteiger partial charge in [0.15, 0.2) is 0 Å². The van der Waals surface area contributed by atoms with Gasteiger partial charge in [-0.25, -0.2) is 0 Å². The van der Waals surface area contributed by atoms with E-state index in [1.54, 1.807) is 0 Å². The Morgan fingerprint density at radius 3 is 1.90 bits per heavy atom. The maximum atomic E-state index is 3.39. The van der Waals surface area contributed by atoms with E-state index in [0.29, 0.717) is 5.54 Å². The van der Waals surface area contributed by atoms with Gasteiger partial charge in [0, 0.05) is 17.6 Å². The highest BCUT2D eigenvalue weighted by Crippen LogP contribution is 2.33. The maximum Gasteiger partial charge on any atom is 0.0459 e. The normalized spacial score (nSPS) is 33.0. The molecule has 0 aromatic heterocycles. The van der Waals surface area contributed by atoms with Crippen molar-refractivity contribution in [3.05, 3.63) is 0 Å². The SMILES string of the molecule is CN(C)C(C)(C)C1(C)CN1. The first kappa shape index (κ1) is 8.02. The number of nitrogens with one attached hydrogen (secondary N) is 1. The molecular weight excluding hydrogens is 124 g/mol. The van der Waals surface area contributed by atoms with E-state index in [2.05, 4.69) is 45.1 Å². The molecule has 1 saturated heterocycles. The molecule has 1 rings (SSSR count). The van der Waals surface area contributed by atoms with Gasteiger partial charge in [0.05, 0.1) is 0 Å². The predicted molar refractivity (Wildman–Crippen MR) is 44.2 cm³/mol. The van der Waals surface area contributed by atoms with Crippen molar-refractivity contribution in [1.29, 1.82) is 0 Å². The topological polar surface area (TPSA) is 25.2 Å². The molecule has 1 fully saturated rings. The van der Waals surface area contributed by atoms with Crippen LogP contribution < -0.4 is 5.32 Å². The van der Waals surface area contributed by atoms with Crippen LogP contribution in [0.15, 0.2) is 0 Å². The van der Waals surface area contributed by atoms with Crippen molar-refractivity contribution in [2.75, 3.05) is 20.6 Å². The van der Waals surface area contributed by atoms with Crippen molar-refractivity contribution in [1.82, 2.24) is 10.2 Å². The fourth-order valence-electron chi connectivity index (χ4n) is 1.06. The summed E-state index contributed by atoms with van der Waals surface area (Å²) in [5, 5.41) is 3.39. The van der Waals surface area contributed by atoms with Gasteiger partial charge in [0.2, 0.25) is 0 Å². The summed E-state index contributed by atoms with van der Waals surface area (Å²) in [6.45, 7) is 7.96. The molecule has 1 heterocycles. The predicted octanol–water partition coefficient (Wildman–Crippen LogP) is 0.688. The van der Waals surface area contributed by atoms with Crippen LogP contribution in [-0.4, -0.2) is 36.6 Å².